The van der Waals surface area contributed by atoms with E-state index in [-0.39, 0.29) is 10.4 Å². The van der Waals surface area contributed by atoms with Crippen LogP contribution < -0.4 is 15.8 Å². The maximum atomic E-state index is 10.7. The number of piperazine rings is 1. The van der Waals surface area contributed by atoms with Gasteiger partial charge in [0.1, 0.15) is 0 Å². The van der Waals surface area contributed by atoms with Crippen LogP contribution in [0.15, 0.2) is 83.0 Å². The minimum absolute atomic E-state index is 0.00742. The SMILES string of the molecule is O=[N+]([O-])c1ccc(N=Nc2ccc(NNc3ccc(N4CCN(C(S)S)CC4)cc3)cc2)cc1. The molecule has 0 aromatic heterocycles. The topological polar surface area (TPSA) is 98.4 Å². The van der Waals surface area contributed by atoms with E-state index in [2.05, 4.69) is 68.3 Å². The first kappa shape index (κ1) is 23.9. The van der Waals surface area contributed by atoms with E-state index in [1.54, 1.807) is 12.1 Å². The predicted octanol–water partition coefficient (Wildman–Crippen LogP) is 5.71. The average Bonchev–Trinajstić information content (AvgIpc) is 2.87. The second kappa shape index (κ2) is 11.2. The summed E-state index contributed by atoms with van der Waals surface area (Å²) in [6.07, 6.45) is 0. The third kappa shape index (κ3) is 6.40. The number of hydrogen-bond acceptors (Lipinski definition) is 10. The van der Waals surface area contributed by atoms with Crippen LogP contribution in [0.3, 0.4) is 0 Å². The molecule has 0 radical (unpaired) electrons. The molecule has 1 aliphatic rings. The first-order valence-corrected chi connectivity index (χ1v) is 11.7. The first-order chi connectivity index (χ1) is 16.5. The average molecular weight is 496 g/mol. The summed E-state index contributed by atoms with van der Waals surface area (Å²) >= 11 is 8.78. The molecule has 176 valence electrons. The Morgan fingerprint density at radius 1 is 0.765 bits per heavy atom. The van der Waals surface area contributed by atoms with Crippen molar-refractivity contribution in [3.05, 3.63) is 82.9 Å². The van der Waals surface area contributed by atoms with Crippen molar-refractivity contribution >= 4 is 59.4 Å². The second-order valence-electron chi connectivity index (χ2n) is 7.69. The molecule has 4 rings (SSSR count). The summed E-state index contributed by atoms with van der Waals surface area (Å²) < 4.78 is -0.00742. The third-order valence-electron chi connectivity index (χ3n) is 5.43. The highest BCUT2D eigenvalue weighted by Gasteiger charge is 2.19. The summed E-state index contributed by atoms with van der Waals surface area (Å²) in [6, 6.07) is 21.7. The van der Waals surface area contributed by atoms with Crippen molar-refractivity contribution in [3.8, 4) is 0 Å². The van der Waals surface area contributed by atoms with Gasteiger partial charge in [0.05, 0.1) is 32.4 Å². The predicted molar refractivity (Wildman–Crippen MR) is 143 cm³/mol. The van der Waals surface area contributed by atoms with Crippen molar-refractivity contribution in [2.45, 2.75) is 4.71 Å². The van der Waals surface area contributed by atoms with Gasteiger partial charge >= 0.3 is 0 Å². The Morgan fingerprint density at radius 3 is 1.71 bits per heavy atom. The Bertz CT molecular complexity index is 1120. The highest BCUT2D eigenvalue weighted by atomic mass is 32.2. The summed E-state index contributed by atoms with van der Waals surface area (Å²) in [6.45, 7) is 3.80. The lowest BCUT2D eigenvalue weighted by atomic mass is 10.2. The van der Waals surface area contributed by atoms with Crippen molar-refractivity contribution < 1.29 is 4.92 Å². The largest absolute Gasteiger partial charge is 0.369 e. The highest BCUT2D eigenvalue weighted by Crippen LogP contribution is 2.24. The molecule has 1 fully saturated rings. The van der Waals surface area contributed by atoms with Gasteiger partial charge in [-0.2, -0.15) is 10.2 Å². The molecule has 0 amide bonds. The van der Waals surface area contributed by atoms with Crippen LogP contribution in [-0.2, 0) is 0 Å². The zero-order valence-corrected chi connectivity index (χ0v) is 20.1. The molecule has 3 aromatic rings. The van der Waals surface area contributed by atoms with Crippen molar-refractivity contribution in [2.75, 3.05) is 41.9 Å². The Balaban J connectivity index is 1.26. The van der Waals surface area contributed by atoms with Crippen LogP contribution in [0.1, 0.15) is 0 Å². The van der Waals surface area contributed by atoms with Crippen LogP contribution in [0.5, 0.6) is 0 Å². The molecular weight excluding hydrogens is 470 g/mol. The van der Waals surface area contributed by atoms with E-state index in [0.29, 0.717) is 11.4 Å². The van der Waals surface area contributed by atoms with Gasteiger partial charge in [0, 0.05) is 44.0 Å². The molecule has 1 saturated heterocycles. The fourth-order valence-electron chi connectivity index (χ4n) is 3.48. The highest BCUT2D eigenvalue weighted by molar-refractivity contribution is 7.99. The smallest absolute Gasteiger partial charge is 0.269 e. The quantitative estimate of drug-likeness (QED) is 0.105. The molecule has 1 heterocycles. The molecule has 0 unspecified atom stereocenters. The second-order valence-corrected chi connectivity index (χ2v) is 9.07. The molecule has 34 heavy (non-hydrogen) atoms. The normalized spacial score (nSPS) is 14.5. The van der Waals surface area contributed by atoms with Crippen molar-refractivity contribution in [2.24, 2.45) is 10.2 Å². The van der Waals surface area contributed by atoms with Crippen LogP contribution in [0.25, 0.3) is 0 Å². The van der Waals surface area contributed by atoms with Crippen LogP contribution in [0, 0.1) is 10.1 Å². The van der Waals surface area contributed by atoms with E-state index >= 15 is 0 Å². The number of anilines is 3. The van der Waals surface area contributed by atoms with Gasteiger partial charge in [0.25, 0.3) is 5.69 Å². The van der Waals surface area contributed by atoms with Crippen LogP contribution in [-0.4, -0.2) is 40.7 Å². The van der Waals surface area contributed by atoms with Gasteiger partial charge in [0.2, 0.25) is 0 Å². The zero-order valence-electron chi connectivity index (χ0n) is 18.3. The fourth-order valence-corrected chi connectivity index (χ4v) is 3.94. The number of benzene rings is 3. The minimum Gasteiger partial charge on any atom is -0.369 e. The van der Waals surface area contributed by atoms with Crippen molar-refractivity contribution in [1.29, 1.82) is 0 Å². The molecular formula is C23H25N7O2S2. The lowest BCUT2D eigenvalue weighted by molar-refractivity contribution is -0.384. The summed E-state index contributed by atoms with van der Waals surface area (Å²) in [5, 5.41) is 19.0. The fraction of sp³-hybridized carbons (Fsp3) is 0.217. The number of non-ortho nitro benzene ring substituents is 1. The van der Waals surface area contributed by atoms with E-state index in [1.807, 2.05) is 36.4 Å². The lowest BCUT2D eigenvalue weighted by Gasteiger charge is -2.37. The van der Waals surface area contributed by atoms with E-state index in [4.69, 9.17) is 0 Å². The van der Waals surface area contributed by atoms with E-state index in [9.17, 15) is 10.1 Å². The number of nitrogens with one attached hydrogen (secondary N) is 2. The molecule has 3 aromatic carbocycles. The monoisotopic (exact) mass is 495 g/mol. The summed E-state index contributed by atoms with van der Waals surface area (Å²) in [7, 11) is 0. The van der Waals surface area contributed by atoms with E-state index in [1.165, 1.54) is 17.8 Å². The van der Waals surface area contributed by atoms with Gasteiger partial charge in [-0.1, -0.05) is 0 Å². The van der Waals surface area contributed by atoms with Gasteiger partial charge in [-0.25, -0.2) is 0 Å². The zero-order chi connectivity index (χ0) is 23.9. The number of rotatable bonds is 8. The Kier molecular flexibility index (Phi) is 7.88. The number of nitro benzene ring substituents is 1. The van der Waals surface area contributed by atoms with Gasteiger partial charge in [0.15, 0.2) is 0 Å². The Hall–Kier alpha value is -3.28. The molecule has 0 spiro atoms. The number of nitro groups is 1. The molecule has 2 N–H and O–H groups in total. The van der Waals surface area contributed by atoms with Gasteiger partial charge in [-0.05, 0) is 60.7 Å². The summed E-state index contributed by atoms with van der Waals surface area (Å²) in [5.74, 6) is 0. The van der Waals surface area contributed by atoms with Crippen LogP contribution >= 0.6 is 25.3 Å². The molecule has 11 heteroatoms. The number of azo groups is 1. The lowest BCUT2D eigenvalue weighted by Crippen LogP contribution is -2.47. The summed E-state index contributed by atoms with van der Waals surface area (Å²) in [4.78, 5) is 14.9. The van der Waals surface area contributed by atoms with Crippen LogP contribution in [0.4, 0.5) is 34.1 Å². The Labute approximate surface area is 208 Å². The number of hydrazine groups is 1. The van der Waals surface area contributed by atoms with Crippen LogP contribution in [0.2, 0.25) is 0 Å². The van der Waals surface area contributed by atoms with E-state index < -0.39 is 4.92 Å². The third-order valence-corrected chi connectivity index (χ3v) is 6.09. The number of hydrogen-bond donors (Lipinski definition) is 4. The first-order valence-electron chi connectivity index (χ1n) is 10.7. The molecule has 9 nitrogen and oxygen atoms in total. The molecule has 0 aliphatic carbocycles. The van der Waals surface area contributed by atoms with Gasteiger partial charge in [-0.15, -0.1) is 25.3 Å². The maximum Gasteiger partial charge on any atom is 0.269 e. The van der Waals surface area contributed by atoms with Gasteiger partial charge in [-0.3, -0.25) is 15.0 Å². The minimum atomic E-state index is -0.445. The number of thiol groups is 2. The van der Waals surface area contributed by atoms with Gasteiger partial charge < -0.3 is 15.8 Å². The number of nitrogens with zero attached hydrogens (tertiary/aromatic N) is 5. The van der Waals surface area contributed by atoms with E-state index in [0.717, 1.165) is 37.6 Å². The standard InChI is InChI=1S/C23H25N7O2S2/c31-30(32)22-11-7-20(8-12-22)27-25-18-3-1-17(2-4-18)24-26-19-5-9-21(10-6-19)28-13-15-29(16-14-28)23(33)34/h1-12,23-24,26,33-34H,13-16H2. The molecule has 0 atom stereocenters. The molecule has 0 bridgehead atoms. The summed E-state index contributed by atoms with van der Waals surface area (Å²) in [5.41, 5.74) is 10.6. The molecule has 0 saturated carbocycles. The van der Waals surface area contributed by atoms with Crippen molar-refractivity contribution in [1.82, 2.24) is 4.90 Å². The Morgan fingerprint density at radius 2 is 1.24 bits per heavy atom. The maximum absolute atomic E-state index is 10.7. The molecule has 1 aliphatic heterocycles. The van der Waals surface area contributed by atoms with Crippen molar-refractivity contribution in [3.63, 3.8) is 0 Å².